The summed E-state index contributed by atoms with van der Waals surface area (Å²) in [6, 6.07) is 22.2. The van der Waals surface area contributed by atoms with Gasteiger partial charge in [0.15, 0.2) is 0 Å². The lowest BCUT2D eigenvalue weighted by Crippen LogP contribution is -2.19. The Morgan fingerprint density at radius 2 is 1.81 bits per heavy atom. The summed E-state index contributed by atoms with van der Waals surface area (Å²) in [7, 11) is 0. The zero-order valence-corrected chi connectivity index (χ0v) is 14.9. The standard InChI is InChI=1S/C22H24N2O2/c1-17(20-10-5-9-19(13-20)15-25)24-14-21-11-6-12-23-22(21)26-16-18-7-3-2-4-8-18/h2-13,17,24-25H,14-16H2,1H3. The van der Waals surface area contributed by atoms with Crippen LogP contribution in [0.2, 0.25) is 0 Å². The van der Waals surface area contributed by atoms with Gasteiger partial charge in [-0.15, -0.1) is 0 Å². The Morgan fingerprint density at radius 1 is 1.00 bits per heavy atom. The molecule has 26 heavy (non-hydrogen) atoms. The fraction of sp³-hybridized carbons (Fsp3) is 0.227. The van der Waals surface area contributed by atoms with Crippen molar-refractivity contribution in [1.29, 1.82) is 0 Å². The van der Waals surface area contributed by atoms with Crippen LogP contribution in [0.15, 0.2) is 72.9 Å². The molecule has 0 amide bonds. The van der Waals surface area contributed by atoms with Gasteiger partial charge in [0, 0.05) is 24.3 Å². The van der Waals surface area contributed by atoms with Crippen LogP contribution in [0.1, 0.15) is 35.2 Å². The van der Waals surface area contributed by atoms with Gasteiger partial charge in [0.1, 0.15) is 6.61 Å². The molecule has 4 heteroatoms. The Labute approximate surface area is 154 Å². The Hall–Kier alpha value is -2.69. The van der Waals surface area contributed by atoms with Crippen molar-refractivity contribution in [2.45, 2.75) is 32.7 Å². The van der Waals surface area contributed by atoms with Gasteiger partial charge in [-0.05, 0) is 29.7 Å². The first-order valence-corrected chi connectivity index (χ1v) is 8.80. The smallest absolute Gasteiger partial charge is 0.218 e. The lowest BCUT2D eigenvalue weighted by atomic mass is 10.1. The van der Waals surface area contributed by atoms with Crippen molar-refractivity contribution in [2.24, 2.45) is 0 Å². The molecule has 3 aromatic rings. The number of aliphatic hydroxyl groups excluding tert-OH is 1. The molecule has 0 fully saturated rings. The monoisotopic (exact) mass is 348 g/mol. The number of rotatable bonds is 8. The fourth-order valence-corrected chi connectivity index (χ4v) is 2.76. The average molecular weight is 348 g/mol. The van der Waals surface area contributed by atoms with E-state index in [2.05, 4.69) is 23.3 Å². The molecule has 1 aromatic heterocycles. The Bertz CT molecular complexity index is 821. The molecule has 2 aromatic carbocycles. The lowest BCUT2D eigenvalue weighted by Gasteiger charge is -2.16. The molecule has 134 valence electrons. The maximum atomic E-state index is 9.30. The van der Waals surface area contributed by atoms with E-state index in [1.807, 2.05) is 60.7 Å². The van der Waals surface area contributed by atoms with Crippen LogP contribution in [0, 0.1) is 0 Å². The third-order valence-electron chi connectivity index (χ3n) is 4.30. The second-order valence-electron chi connectivity index (χ2n) is 6.25. The molecule has 0 radical (unpaired) electrons. The fourth-order valence-electron chi connectivity index (χ4n) is 2.76. The zero-order valence-electron chi connectivity index (χ0n) is 14.9. The van der Waals surface area contributed by atoms with Gasteiger partial charge in [-0.1, -0.05) is 60.7 Å². The Morgan fingerprint density at radius 3 is 2.62 bits per heavy atom. The first-order chi connectivity index (χ1) is 12.8. The number of aliphatic hydroxyl groups is 1. The average Bonchev–Trinajstić information content (AvgIpc) is 2.72. The summed E-state index contributed by atoms with van der Waals surface area (Å²) < 4.78 is 5.91. The second kappa shape index (κ2) is 9.13. The maximum absolute atomic E-state index is 9.30. The molecule has 0 aliphatic heterocycles. The topological polar surface area (TPSA) is 54.4 Å². The number of nitrogens with zero attached hydrogens (tertiary/aromatic N) is 1. The highest BCUT2D eigenvalue weighted by Gasteiger charge is 2.09. The summed E-state index contributed by atoms with van der Waals surface area (Å²) in [5, 5.41) is 12.8. The number of ether oxygens (including phenoxy) is 1. The van der Waals surface area contributed by atoms with Crippen LogP contribution in [-0.2, 0) is 19.8 Å². The number of hydrogen-bond donors (Lipinski definition) is 2. The zero-order chi connectivity index (χ0) is 18.2. The SMILES string of the molecule is CC(NCc1cccnc1OCc1ccccc1)c1cccc(CO)c1. The van der Waals surface area contributed by atoms with Crippen LogP contribution in [0.3, 0.4) is 0 Å². The van der Waals surface area contributed by atoms with E-state index in [1.54, 1.807) is 6.20 Å². The summed E-state index contributed by atoms with van der Waals surface area (Å²) in [4.78, 5) is 4.38. The van der Waals surface area contributed by atoms with E-state index in [0.717, 1.165) is 22.3 Å². The summed E-state index contributed by atoms with van der Waals surface area (Å²) in [5.41, 5.74) is 4.21. The minimum absolute atomic E-state index is 0.0562. The van der Waals surface area contributed by atoms with Crippen LogP contribution in [0.25, 0.3) is 0 Å². The molecule has 0 saturated carbocycles. The van der Waals surface area contributed by atoms with Crippen LogP contribution in [0.4, 0.5) is 0 Å². The molecule has 0 aliphatic carbocycles. The van der Waals surface area contributed by atoms with Gasteiger partial charge in [0.25, 0.3) is 0 Å². The normalized spacial score (nSPS) is 11.9. The largest absolute Gasteiger partial charge is 0.473 e. The van der Waals surface area contributed by atoms with Gasteiger partial charge in [-0.25, -0.2) is 4.98 Å². The minimum atomic E-state index is 0.0562. The molecule has 1 atom stereocenters. The van der Waals surface area contributed by atoms with Crippen molar-refractivity contribution in [3.63, 3.8) is 0 Å². The van der Waals surface area contributed by atoms with Gasteiger partial charge in [-0.3, -0.25) is 0 Å². The van der Waals surface area contributed by atoms with E-state index in [0.29, 0.717) is 19.0 Å². The molecule has 1 heterocycles. The molecule has 1 unspecified atom stereocenters. The molecule has 4 nitrogen and oxygen atoms in total. The molecule has 3 rings (SSSR count). The highest BCUT2D eigenvalue weighted by Crippen LogP contribution is 2.19. The van der Waals surface area contributed by atoms with Gasteiger partial charge in [0.2, 0.25) is 5.88 Å². The van der Waals surface area contributed by atoms with Crippen molar-refractivity contribution in [3.05, 3.63) is 95.2 Å². The Kier molecular flexibility index (Phi) is 6.36. The Balaban J connectivity index is 1.62. The van der Waals surface area contributed by atoms with E-state index in [-0.39, 0.29) is 12.6 Å². The number of aromatic nitrogens is 1. The number of hydrogen-bond acceptors (Lipinski definition) is 4. The quantitative estimate of drug-likeness (QED) is 0.646. The van der Waals surface area contributed by atoms with Crippen molar-refractivity contribution in [1.82, 2.24) is 10.3 Å². The van der Waals surface area contributed by atoms with Gasteiger partial charge < -0.3 is 15.2 Å². The molecule has 0 spiro atoms. The van der Waals surface area contributed by atoms with Gasteiger partial charge in [0.05, 0.1) is 6.61 Å². The first-order valence-electron chi connectivity index (χ1n) is 8.80. The third-order valence-corrected chi connectivity index (χ3v) is 4.30. The molecule has 0 aliphatic rings. The first kappa shape index (κ1) is 18.1. The number of benzene rings is 2. The molecular weight excluding hydrogens is 324 g/mol. The van der Waals surface area contributed by atoms with E-state index in [9.17, 15) is 5.11 Å². The predicted molar refractivity (Wildman–Crippen MR) is 103 cm³/mol. The highest BCUT2D eigenvalue weighted by atomic mass is 16.5. The van der Waals surface area contributed by atoms with Crippen molar-refractivity contribution in [3.8, 4) is 5.88 Å². The summed E-state index contributed by atoms with van der Waals surface area (Å²) in [5.74, 6) is 0.653. The van der Waals surface area contributed by atoms with Crippen molar-refractivity contribution < 1.29 is 9.84 Å². The lowest BCUT2D eigenvalue weighted by molar-refractivity contribution is 0.281. The number of pyridine rings is 1. The van der Waals surface area contributed by atoms with E-state index < -0.39 is 0 Å². The van der Waals surface area contributed by atoms with Crippen molar-refractivity contribution >= 4 is 0 Å². The van der Waals surface area contributed by atoms with Crippen LogP contribution in [-0.4, -0.2) is 10.1 Å². The molecule has 2 N–H and O–H groups in total. The van der Waals surface area contributed by atoms with E-state index in [4.69, 9.17) is 4.74 Å². The van der Waals surface area contributed by atoms with Crippen LogP contribution < -0.4 is 10.1 Å². The van der Waals surface area contributed by atoms with Crippen LogP contribution in [0.5, 0.6) is 5.88 Å². The summed E-state index contributed by atoms with van der Waals surface area (Å²) in [6.45, 7) is 3.32. The second-order valence-corrected chi connectivity index (χ2v) is 6.25. The molecule has 0 bridgehead atoms. The minimum Gasteiger partial charge on any atom is -0.473 e. The maximum Gasteiger partial charge on any atom is 0.218 e. The summed E-state index contributed by atoms with van der Waals surface area (Å²) in [6.07, 6.45) is 1.75. The van der Waals surface area contributed by atoms with Gasteiger partial charge in [-0.2, -0.15) is 0 Å². The summed E-state index contributed by atoms with van der Waals surface area (Å²) >= 11 is 0. The van der Waals surface area contributed by atoms with Crippen molar-refractivity contribution in [2.75, 3.05) is 0 Å². The third kappa shape index (κ3) is 4.91. The van der Waals surface area contributed by atoms with E-state index >= 15 is 0 Å². The van der Waals surface area contributed by atoms with Crippen LogP contribution >= 0.6 is 0 Å². The van der Waals surface area contributed by atoms with E-state index in [1.165, 1.54) is 0 Å². The predicted octanol–water partition coefficient (Wildman–Crippen LogP) is 4.00. The number of nitrogens with one attached hydrogen (secondary N) is 1. The highest BCUT2D eigenvalue weighted by molar-refractivity contribution is 5.28. The molecule has 0 saturated heterocycles. The van der Waals surface area contributed by atoms with Gasteiger partial charge >= 0.3 is 0 Å². The molecular formula is C22H24N2O2.